The van der Waals surface area contributed by atoms with Gasteiger partial charge in [0.15, 0.2) is 5.75 Å². The summed E-state index contributed by atoms with van der Waals surface area (Å²) >= 11 is 0. The highest BCUT2D eigenvalue weighted by atomic mass is 28.4. The van der Waals surface area contributed by atoms with Gasteiger partial charge in [-0.3, -0.25) is 0 Å². The topological polar surface area (TPSA) is 27.7 Å². The lowest BCUT2D eigenvalue weighted by atomic mass is 10.3. The van der Waals surface area contributed by atoms with Crippen LogP contribution in [0.25, 0.3) is 0 Å². The van der Waals surface area contributed by atoms with Crippen molar-refractivity contribution in [2.45, 2.75) is 58.9 Å². The maximum atomic E-state index is 6.34. The van der Waals surface area contributed by atoms with Gasteiger partial charge in [0.25, 0.3) is 0 Å². The molecule has 0 atom stereocenters. The zero-order chi connectivity index (χ0) is 17.3. The molecule has 0 aliphatic rings. The van der Waals surface area contributed by atoms with Crippen LogP contribution in [0.1, 0.15) is 0 Å². The standard InChI is InChI=1S/C15H29O3Si4/c1-20(2,3)16-12-10-11-13(19)15(18-22(7,8)9)14(12)17-21(4,5)6/h10-11H,1-9H3. The van der Waals surface area contributed by atoms with Crippen LogP contribution in [-0.2, 0) is 0 Å². The summed E-state index contributed by atoms with van der Waals surface area (Å²) in [6, 6.07) is 3.96. The van der Waals surface area contributed by atoms with Crippen LogP contribution in [-0.4, -0.2) is 35.2 Å². The van der Waals surface area contributed by atoms with E-state index in [1.54, 1.807) is 0 Å². The SMILES string of the molecule is C[Si](C)(C)Oc1ccc([Si])c(O[Si](C)(C)C)c1O[Si](C)(C)C. The number of rotatable bonds is 6. The molecule has 1 rings (SSSR count). The summed E-state index contributed by atoms with van der Waals surface area (Å²) in [6.45, 7) is 19.5. The summed E-state index contributed by atoms with van der Waals surface area (Å²) in [5.74, 6) is 2.35. The molecule has 0 aliphatic heterocycles. The zero-order valence-electron chi connectivity index (χ0n) is 15.4. The molecule has 0 fully saturated rings. The smallest absolute Gasteiger partial charge is 0.242 e. The normalized spacial score (nSPS) is 13.0. The molecule has 0 aromatic heterocycles. The van der Waals surface area contributed by atoms with Gasteiger partial charge in [0, 0.05) is 0 Å². The first kappa shape index (κ1) is 19.5. The van der Waals surface area contributed by atoms with Crippen LogP contribution >= 0.6 is 0 Å². The summed E-state index contributed by atoms with van der Waals surface area (Å²) in [4.78, 5) is 0. The first-order chi connectivity index (χ1) is 9.68. The molecule has 0 heterocycles. The largest absolute Gasteiger partial charge is 0.542 e. The third kappa shape index (κ3) is 6.72. The Kier molecular flexibility index (Phi) is 5.81. The highest BCUT2D eigenvalue weighted by molar-refractivity contribution is 6.72. The van der Waals surface area contributed by atoms with Crippen molar-refractivity contribution in [3.8, 4) is 17.2 Å². The summed E-state index contributed by atoms with van der Waals surface area (Å²) in [5.41, 5.74) is 0. The van der Waals surface area contributed by atoms with E-state index in [9.17, 15) is 0 Å². The second-order valence-electron chi connectivity index (χ2n) is 8.41. The van der Waals surface area contributed by atoms with Gasteiger partial charge in [0.1, 0.15) is 11.5 Å². The lowest BCUT2D eigenvalue weighted by Crippen LogP contribution is -2.36. The van der Waals surface area contributed by atoms with Gasteiger partial charge < -0.3 is 13.3 Å². The first-order valence-electron chi connectivity index (χ1n) is 7.64. The fraction of sp³-hybridized carbons (Fsp3) is 0.600. The Morgan fingerprint density at radius 1 is 0.636 bits per heavy atom. The Bertz CT molecular complexity index is 525. The molecule has 7 heteroatoms. The van der Waals surface area contributed by atoms with E-state index in [2.05, 4.69) is 69.2 Å². The lowest BCUT2D eigenvalue weighted by Gasteiger charge is -2.30. The van der Waals surface area contributed by atoms with Gasteiger partial charge >= 0.3 is 0 Å². The molecule has 22 heavy (non-hydrogen) atoms. The van der Waals surface area contributed by atoms with E-state index < -0.39 is 25.0 Å². The molecule has 0 amide bonds. The average Bonchev–Trinajstić information content (AvgIpc) is 2.22. The maximum absolute atomic E-state index is 6.34. The van der Waals surface area contributed by atoms with Crippen molar-refractivity contribution in [3.63, 3.8) is 0 Å². The first-order valence-corrected chi connectivity index (χ1v) is 18.4. The fourth-order valence-corrected chi connectivity index (χ4v) is 4.56. The van der Waals surface area contributed by atoms with Crippen LogP contribution < -0.4 is 18.5 Å². The molecule has 0 aliphatic carbocycles. The summed E-state index contributed by atoms with van der Waals surface area (Å²) in [7, 11) is -1.60. The second kappa shape index (κ2) is 6.54. The van der Waals surface area contributed by atoms with E-state index in [-0.39, 0.29) is 0 Å². The van der Waals surface area contributed by atoms with Gasteiger partial charge in [-0.15, -0.1) is 0 Å². The Balaban J connectivity index is 3.42. The van der Waals surface area contributed by atoms with E-state index in [1.807, 2.05) is 12.1 Å². The van der Waals surface area contributed by atoms with Crippen LogP contribution in [0.4, 0.5) is 0 Å². The Morgan fingerprint density at radius 2 is 1.05 bits per heavy atom. The van der Waals surface area contributed by atoms with Crippen molar-refractivity contribution >= 4 is 40.4 Å². The lowest BCUT2D eigenvalue weighted by molar-refractivity contribution is 0.456. The number of hydrogen-bond acceptors (Lipinski definition) is 3. The van der Waals surface area contributed by atoms with Gasteiger partial charge in [0.05, 0.1) is 10.2 Å². The van der Waals surface area contributed by atoms with Crippen molar-refractivity contribution in [1.82, 2.24) is 0 Å². The molecule has 0 unspecified atom stereocenters. The van der Waals surface area contributed by atoms with Crippen LogP contribution in [0, 0.1) is 0 Å². The predicted octanol–water partition coefficient (Wildman–Crippen LogP) is 4.12. The molecule has 0 bridgehead atoms. The summed E-state index contributed by atoms with van der Waals surface area (Å²) in [6.07, 6.45) is 0. The Labute approximate surface area is 142 Å². The van der Waals surface area contributed by atoms with Crippen molar-refractivity contribution < 1.29 is 13.3 Å². The number of benzene rings is 1. The van der Waals surface area contributed by atoms with Crippen LogP contribution in [0.3, 0.4) is 0 Å². The zero-order valence-corrected chi connectivity index (χ0v) is 19.4. The van der Waals surface area contributed by atoms with Crippen molar-refractivity contribution in [2.24, 2.45) is 0 Å². The van der Waals surface area contributed by atoms with E-state index in [0.29, 0.717) is 0 Å². The Morgan fingerprint density at radius 3 is 1.45 bits per heavy atom. The van der Waals surface area contributed by atoms with Gasteiger partial charge in [-0.1, -0.05) is 6.07 Å². The van der Waals surface area contributed by atoms with E-state index >= 15 is 0 Å². The van der Waals surface area contributed by atoms with Crippen molar-refractivity contribution in [2.75, 3.05) is 0 Å². The van der Waals surface area contributed by atoms with E-state index in [1.165, 1.54) is 0 Å². The van der Waals surface area contributed by atoms with Gasteiger partial charge in [-0.05, 0) is 70.2 Å². The maximum Gasteiger partial charge on any atom is 0.242 e. The third-order valence-electron chi connectivity index (χ3n) is 2.31. The number of hydrogen-bond donors (Lipinski definition) is 0. The molecular formula is C15H29O3Si4. The molecule has 3 radical (unpaired) electrons. The van der Waals surface area contributed by atoms with Gasteiger partial charge in [-0.2, -0.15) is 0 Å². The van der Waals surface area contributed by atoms with Crippen molar-refractivity contribution in [1.29, 1.82) is 0 Å². The van der Waals surface area contributed by atoms with Crippen LogP contribution in [0.15, 0.2) is 12.1 Å². The molecule has 0 N–H and O–H groups in total. The van der Waals surface area contributed by atoms with Gasteiger partial charge in [0.2, 0.25) is 25.0 Å². The molecule has 3 nitrogen and oxygen atoms in total. The second-order valence-corrected chi connectivity index (χ2v) is 22.2. The van der Waals surface area contributed by atoms with Crippen LogP contribution in [0.5, 0.6) is 17.2 Å². The fourth-order valence-electron chi connectivity index (χ4n) is 1.77. The molecule has 1 aromatic rings. The predicted molar refractivity (Wildman–Crippen MR) is 104 cm³/mol. The minimum Gasteiger partial charge on any atom is -0.542 e. The van der Waals surface area contributed by atoms with Crippen LogP contribution in [0.2, 0.25) is 58.9 Å². The molecule has 1 aromatic carbocycles. The highest BCUT2D eigenvalue weighted by Gasteiger charge is 2.28. The van der Waals surface area contributed by atoms with Crippen molar-refractivity contribution in [3.05, 3.63) is 12.1 Å². The summed E-state index contributed by atoms with van der Waals surface area (Å²) < 4.78 is 18.9. The summed E-state index contributed by atoms with van der Waals surface area (Å²) in [5, 5.41) is 0.915. The molecule has 0 spiro atoms. The van der Waals surface area contributed by atoms with Gasteiger partial charge in [-0.25, -0.2) is 0 Å². The minimum absolute atomic E-state index is 0.761. The monoisotopic (exact) mass is 369 g/mol. The third-order valence-corrected chi connectivity index (χ3v) is 5.17. The van der Waals surface area contributed by atoms with E-state index in [4.69, 9.17) is 13.3 Å². The molecular weight excluding hydrogens is 341 g/mol. The Hall–Kier alpha value is -0.512. The minimum atomic E-state index is -1.79. The quantitative estimate of drug-likeness (QED) is 0.706. The molecule has 0 saturated heterocycles. The van der Waals surface area contributed by atoms with E-state index in [0.717, 1.165) is 22.4 Å². The average molecular weight is 370 g/mol. The highest BCUT2D eigenvalue weighted by Crippen LogP contribution is 2.39. The molecule has 0 saturated carbocycles. The molecule has 123 valence electrons.